The fourth-order valence-corrected chi connectivity index (χ4v) is 8.21. The van der Waals surface area contributed by atoms with Gasteiger partial charge in [0.15, 0.2) is 0 Å². The average molecular weight is 479 g/mol. The lowest BCUT2D eigenvalue weighted by atomic mass is 9.71. The van der Waals surface area contributed by atoms with Crippen LogP contribution in [0.5, 0.6) is 0 Å². The van der Waals surface area contributed by atoms with E-state index in [-0.39, 0.29) is 42.7 Å². The molecule has 3 aliphatic carbocycles. The molecule has 5 rings (SSSR count). The van der Waals surface area contributed by atoms with E-state index in [1.807, 2.05) is 0 Å². The zero-order valence-corrected chi connectivity index (χ0v) is 20.7. The van der Waals surface area contributed by atoms with E-state index in [9.17, 15) is 13.6 Å². The number of rotatable bonds is 5. The maximum atomic E-state index is 13.9. The number of nitrogens with zero attached hydrogens (tertiary/aromatic N) is 2. The Hall–Kier alpha value is -1.24. The molecule has 2 heterocycles. The number of carbonyl (C=O) groups excluding carboxylic acids is 1. The number of carbonyl (C=O) groups is 1. The Bertz CT molecular complexity index is 747. The van der Waals surface area contributed by atoms with E-state index < -0.39 is 12.5 Å². The van der Waals surface area contributed by atoms with E-state index >= 15 is 0 Å². The highest BCUT2D eigenvalue weighted by molar-refractivity contribution is 5.83. The van der Waals surface area contributed by atoms with Crippen LogP contribution in [-0.4, -0.2) is 59.2 Å². The molecule has 7 heteroatoms. The van der Waals surface area contributed by atoms with Gasteiger partial charge in [-0.2, -0.15) is 0 Å². The molecule has 1 amide bonds. The Labute approximate surface area is 203 Å². The molecule has 2 saturated heterocycles. The molecule has 4 unspecified atom stereocenters. The first-order chi connectivity index (χ1) is 16.3. The summed E-state index contributed by atoms with van der Waals surface area (Å²) < 4.78 is 27.8. The minimum absolute atomic E-state index is 0.0816. The number of hydrogen-bond acceptors (Lipinski definition) is 3. The number of nitrogens with two attached hydrogens (primary N) is 1. The summed E-state index contributed by atoms with van der Waals surface area (Å²) in [7, 11) is 0. The van der Waals surface area contributed by atoms with Crippen molar-refractivity contribution in [3.05, 3.63) is 0 Å². The molecule has 3 saturated carbocycles. The summed E-state index contributed by atoms with van der Waals surface area (Å²) in [4.78, 5) is 17.3. The van der Waals surface area contributed by atoms with Crippen molar-refractivity contribution in [1.82, 2.24) is 9.80 Å². The lowest BCUT2D eigenvalue weighted by molar-refractivity contribution is -0.137. The largest absolute Gasteiger partial charge is 0.387 e. The molecule has 0 bridgehead atoms. The van der Waals surface area contributed by atoms with Crippen LogP contribution < -0.4 is 5.73 Å². The van der Waals surface area contributed by atoms with E-state index in [0.29, 0.717) is 11.8 Å². The first kappa shape index (κ1) is 24.5. The van der Waals surface area contributed by atoms with Crippen LogP contribution in [0.3, 0.4) is 0 Å². The van der Waals surface area contributed by atoms with Crippen molar-refractivity contribution >= 4 is 11.7 Å². The minimum atomic E-state index is -2.75. The van der Waals surface area contributed by atoms with Crippen molar-refractivity contribution in [1.29, 1.82) is 5.41 Å². The number of likely N-dealkylation sites (tertiary alicyclic amines) is 2. The molecule has 3 N–H and O–H groups in total. The van der Waals surface area contributed by atoms with Crippen LogP contribution in [0.2, 0.25) is 0 Å². The smallest absolute Gasteiger partial charge is 0.267 e. The standard InChI is InChI=1S/C27H44F2N4O/c28-27(29)12-13-32(17-27)26(34)24-14-21-10-11-22(25(30)31)15-23(21)33(24)16-18-6-8-20(9-7-18)19-4-2-1-3-5-19/h18-24H,1-17H2,(H3,30,31). The second-order valence-corrected chi connectivity index (χ2v) is 12.3. The second-order valence-electron chi connectivity index (χ2n) is 12.3. The molecular weight excluding hydrogens is 434 g/mol. The molecule has 0 radical (unpaired) electrons. The van der Waals surface area contributed by atoms with Crippen LogP contribution in [0, 0.1) is 35.0 Å². The Kier molecular flexibility index (Phi) is 7.21. The maximum Gasteiger partial charge on any atom is 0.267 e. The molecule has 5 nitrogen and oxygen atoms in total. The van der Waals surface area contributed by atoms with Gasteiger partial charge in [-0.3, -0.25) is 15.1 Å². The number of nitrogens with one attached hydrogen (secondary N) is 1. The first-order valence-corrected chi connectivity index (χ1v) is 14.1. The van der Waals surface area contributed by atoms with E-state index in [0.717, 1.165) is 44.1 Å². The normalized spacial score (nSPS) is 39.2. The summed E-state index contributed by atoms with van der Waals surface area (Å²) in [6.07, 6.45) is 15.4. The second kappa shape index (κ2) is 10.0. The zero-order valence-electron chi connectivity index (χ0n) is 20.7. The lowest BCUT2D eigenvalue weighted by Crippen LogP contribution is -2.50. The van der Waals surface area contributed by atoms with Gasteiger partial charge in [0.1, 0.15) is 0 Å². The van der Waals surface area contributed by atoms with Gasteiger partial charge < -0.3 is 10.6 Å². The van der Waals surface area contributed by atoms with Gasteiger partial charge in [-0.1, -0.05) is 32.1 Å². The fourth-order valence-electron chi connectivity index (χ4n) is 8.21. The molecule has 192 valence electrons. The molecule has 5 fully saturated rings. The third-order valence-corrected chi connectivity index (χ3v) is 10.2. The predicted molar refractivity (Wildman–Crippen MR) is 130 cm³/mol. The maximum absolute atomic E-state index is 13.9. The first-order valence-electron chi connectivity index (χ1n) is 14.1. The van der Waals surface area contributed by atoms with Gasteiger partial charge in [-0.25, -0.2) is 8.78 Å². The summed E-state index contributed by atoms with van der Waals surface area (Å²) in [6, 6.07) is -0.0125. The molecule has 4 atom stereocenters. The number of hydrogen-bond donors (Lipinski definition) is 2. The summed E-state index contributed by atoms with van der Waals surface area (Å²) in [5.74, 6) is 0.342. The van der Waals surface area contributed by atoms with E-state index in [2.05, 4.69) is 4.90 Å². The SMILES string of the molecule is N=C(N)C1CCC2CC(C(=O)N3CCC(F)(F)C3)N(CC3CCC(C4CCCCC4)CC3)C2C1. The van der Waals surface area contributed by atoms with Crippen molar-refractivity contribution in [2.75, 3.05) is 19.6 Å². The number of fused-ring (bicyclic) bond motifs is 1. The highest BCUT2D eigenvalue weighted by Crippen LogP contribution is 2.45. The van der Waals surface area contributed by atoms with Gasteiger partial charge >= 0.3 is 0 Å². The third kappa shape index (κ3) is 5.15. The lowest BCUT2D eigenvalue weighted by Gasteiger charge is -2.41. The Balaban J connectivity index is 1.26. The van der Waals surface area contributed by atoms with Gasteiger partial charge in [-0.15, -0.1) is 0 Å². The summed E-state index contributed by atoms with van der Waals surface area (Å²) in [5, 5.41) is 7.99. The quantitative estimate of drug-likeness (QED) is 0.430. The molecule has 0 aromatic carbocycles. The number of amides is 1. The zero-order chi connectivity index (χ0) is 23.9. The van der Waals surface area contributed by atoms with Gasteiger partial charge in [0.05, 0.1) is 18.4 Å². The van der Waals surface area contributed by atoms with Crippen molar-refractivity contribution in [3.8, 4) is 0 Å². The Morgan fingerprint density at radius 2 is 1.59 bits per heavy atom. The van der Waals surface area contributed by atoms with E-state index in [4.69, 9.17) is 11.1 Å². The number of alkyl halides is 2. The van der Waals surface area contributed by atoms with Crippen LogP contribution in [0.15, 0.2) is 0 Å². The van der Waals surface area contributed by atoms with E-state index in [1.54, 1.807) is 0 Å². The minimum Gasteiger partial charge on any atom is -0.387 e. The number of halogens is 2. The van der Waals surface area contributed by atoms with E-state index in [1.165, 1.54) is 62.7 Å². The van der Waals surface area contributed by atoms with Gasteiger partial charge in [0, 0.05) is 31.5 Å². The van der Waals surface area contributed by atoms with Gasteiger partial charge in [0.25, 0.3) is 5.92 Å². The molecule has 2 aliphatic heterocycles. The summed E-state index contributed by atoms with van der Waals surface area (Å²) in [5.41, 5.74) is 5.90. The topological polar surface area (TPSA) is 73.4 Å². The monoisotopic (exact) mass is 478 g/mol. The molecule has 0 aromatic heterocycles. The molecular formula is C27H44F2N4O. The number of amidine groups is 1. The Morgan fingerprint density at radius 3 is 2.24 bits per heavy atom. The highest BCUT2D eigenvalue weighted by atomic mass is 19.3. The molecule has 0 spiro atoms. The summed E-state index contributed by atoms with van der Waals surface area (Å²) in [6.45, 7) is 0.659. The van der Waals surface area contributed by atoms with Crippen LogP contribution >= 0.6 is 0 Å². The molecule has 5 aliphatic rings. The molecule has 0 aromatic rings. The van der Waals surface area contributed by atoms with Crippen molar-refractivity contribution in [3.63, 3.8) is 0 Å². The van der Waals surface area contributed by atoms with Gasteiger partial charge in [0.2, 0.25) is 5.91 Å². The van der Waals surface area contributed by atoms with Crippen molar-refractivity contribution in [2.24, 2.45) is 35.3 Å². The van der Waals surface area contributed by atoms with Crippen LogP contribution in [-0.2, 0) is 4.79 Å². The molecule has 34 heavy (non-hydrogen) atoms. The fraction of sp³-hybridized carbons (Fsp3) is 0.926. The van der Waals surface area contributed by atoms with Crippen molar-refractivity contribution < 1.29 is 13.6 Å². The third-order valence-electron chi connectivity index (χ3n) is 10.2. The Morgan fingerprint density at radius 1 is 0.912 bits per heavy atom. The van der Waals surface area contributed by atoms with Crippen molar-refractivity contribution in [2.45, 2.75) is 108 Å². The van der Waals surface area contributed by atoms with Crippen LogP contribution in [0.1, 0.15) is 89.9 Å². The van der Waals surface area contributed by atoms with Crippen LogP contribution in [0.4, 0.5) is 8.78 Å². The summed E-state index contributed by atoms with van der Waals surface area (Å²) >= 11 is 0. The average Bonchev–Trinajstić information content (AvgIpc) is 3.39. The highest BCUT2D eigenvalue weighted by Gasteiger charge is 2.51. The predicted octanol–water partition coefficient (Wildman–Crippen LogP) is 5.04. The van der Waals surface area contributed by atoms with Gasteiger partial charge in [-0.05, 0) is 75.0 Å². The van der Waals surface area contributed by atoms with Crippen LogP contribution in [0.25, 0.3) is 0 Å².